The van der Waals surface area contributed by atoms with E-state index in [1.807, 2.05) is 48.7 Å². The summed E-state index contributed by atoms with van der Waals surface area (Å²) in [7, 11) is 0. The third-order valence-corrected chi connectivity index (χ3v) is 4.90. The Bertz CT molecular complexity index is 893. The molecule has 1 aliphatic heterocycles. The van der Waals surface area contributed by atoms with Crippen molar-refractivity contribution in [1.29, 1.82) is 0 Å². The lowest BCUT2D eigenvalue weighted by Gasteiger charge is -2.16. The average Bonchev–Trinajstić information content (AvgIpc) is 3.23. The minimum Gasteiger partial charge on any atom is -0.472 e. The van der Waals surface area contributed by atoms with Crippen molar-refractivity contribution in [1.82, 2.24) is 14.9 Å². The normalized spacial score (nSPS) is 17.4. The molecular weight excluding hydrogens is 322 g/mol. The molecule has 1 aromatic carbocycles. The Hall–Kier alpha value is -2.47. The van der Waals surface area contributed by atoms with Crippen molar-refractivity contribution in [3.05, 3.63) is 52.5 Å². The highest BCUT2D eigenvalue weighted by Gasteiger charge is 2.29. The first-order chi connectivity index (χ1) is 11.7. The Kier molecular flexibility index (Phi) is 3.90. The number of amides is 1. The maximum Gasteiger partial charge on any atom is 0.273 e. The summed E-state index contributed by atoms with van der Waals surface area (Å²) in [5, 5.41) is 3.81. The molecule has 0 spiro atoms. The van der Waals surface area contributed by atoms with Crippen LogP contribution in [0.3, 0.4) is 0 Å². The number of pyridine rings is 1. The van der Waals surface area contributed by atoms with Gasteiger partial charge in [0.15, 0.2) is 0 Å². The molecule has 1 fully saturated rings. The number of benzene rings is 1. The molecule has 5 nitrogen and oxygen atoms in total. The largest absolute Gasteiger partial charge is 0.472 e. The fourth-order valence-corrected chi connectivity index (χ4v) is 3.50. The van der Waals surface area contributed by atoms with Crippen LogP contribution >= 0.6 is 11.3 Å². The number of carbonyl (C=O) groups excluding carboxylic acids is 1. The van der Waals surface area contributed by atoms with Crippen molar-refractivity contribution < 1.29 is 9.53 Å². The fourth-order valence-electron chi connectivity index (χ4n) is 2.92. The van der Waals surface area contributed by atoms with E-state index in [1.165, 1.54) is 11.3 Å². The SMILES string of the molecule is Cc1nc(C(=O)N2CCC(Oc3ccc4ccccc4n3)C2)cs1. The van der Waals surface area contributed by atoms with Gasteiger partial charge < -0.3 is 9.64 Å². The number of para-hydroxylation sites is 1. The molecule has 122 valence electrons. The van der Waals surface area contributed by atoms with Crippen LogP contribution < -0.4 is 4.74 Å². The molecule has 0 bridgehead atoms. The van der Waals surface area contributed by atoms with E-state index >= 15 is 0 Å². The summed E-state index contributed by atoms with van der Waals surface area (Å²) in [6.45, 7) is 3.17. The molecule has 2 aromatic heterocycles. The summed E-state index contributed by atoms with van der Waals surface area (Å²) in [6.07, 6.45) is 0.783. The highest BCUT2D eigenvalue weighted by atomic mass is 32.1. The number of hydrogen-bond donors (Lipinski definition) is 0. The molecule has 0 radical (unpaired) electrons. The van der Waals surface area contributed by atoms with Crippen molar-refractivity contribution in [2.45, 2.75) is 19.4 Å². The zero-order chi connectivity index (χ0) is 16.5. The van der Waals surface area contributed by atoms with E-state index in [9.17, 15) is 4.79 Å². The minimum absolute atomic E-state index is 0.0167. The summed E-state index contributed by atoms with van der Waals surface area (Å²) in [4.78, 5) is 23.0. The predicted octanol–water partition coefficient (Wildman–Crippen LogP) is 3.29. The number of likely N-dealkylation sites (tertiary alicyclic amines) is 1. The third kappa shape index (κ3) is 2.97. The molecule has 1 unspecified atom stereocenters. The van der Waals surface area contributed by atoms with E-state index in [0.29, 0.717) is 24.7 Å². The van der Waals surface area contributed by atoms with Gasteiger partial charge in [0, 0.05) is 29.8 Å². The number of nitrogens with zero attached hydrogens (tertiary/aromatic N) is 3. The van der Waals surface area contributed by atoms with E-state index in [4.69, 9.17) is 4.74 Å². The quantitative estimate of drug-likeness (QED) is 0.735. The second kappa shape index (κ2) is 6.20. The standard InChI is InChI=1S/C18H17N3O2S/c1-12-19-16(11-24-12)18(22)21-9-8-14(10-21)23-17-7-6-13-4-2-3-5-15(13)20-17/h2-7,11,14H,8-10H2,1H3. The molecule has 1 aliphatic rings. The van der Waals surface area contributed by atoms with Crippen molar-refractivity contribution in [3.63, 3.8) is 0 Å². The molecule has 0 saturated carbocycles. The van der Waals surface area contributed by atoms with Gasteiger partial charge in [0.2, 0.25) is 5.88 Å². The highest BCUT2D eigenvalue weighted by molar-refractivity contribution is 7.09. The van der Waals surface area contributed by atoms with Gasteiger partial charge in [-0.15, -0.1) is 11.3 Å². The number of rotatable bonds is 3. The Labute approximate surface area is 143 Å². The third-order valence-electron chi connectivity index (χ3n) is 4.13. The number of fused-ring (bicyclic) bond motifs is 1. The lowest BCUT2D eigenvalue weighted by Crippen LogP contribution is -2.31. The molecule has 1 saturated heterocycles. The van der Waals surface area contributed by atoms with Gasteiger partial charge in [0.1, 0.15) is 11.8 Å². The van der Waals surface area contributed by atoms with Crippen LogP contribution in [0.2, 0.25) is 0 Å². The van der Waals surface area contributed by atoms with Gasteiger partial charge in [0.05, 0.1) is 17.1 Å². The van der Waals surface area contributed by atoms with Gasteiger partial charge in [-0.1, -0.05) is 18.2 Å². The summed E-state index contributed by atoms with van der Waals surface area (Å²) in [5.74, 6) is 0.592. The zero-order valence-corrected chi connectivity index (χ0v) is 14.1. The van der Waals surface area contributed by atoms with Gasteiger partial charge in [-0.25, -0.2) is 9.97 Å². The van der Waals surface area contributed by atoms with E-state index < -0.39 is 0 Å². The van der Waals surface area contributed by atoms with Crippen molar-refractivity contribution in [2.75, 3.05) is 13.1 Å². The Balaban J connectivity index is 1.43. The second-order valence-electron chi connectivity index (χ2n) is 5.87. The zero-order valence-electron chi connectivity index (χ0n) is 13.3. The number of ether oxygens (including phenoxy) is 1. The van der Waals surface area contributed by atoms with Gasteiger partial charge in [0.25, 0.3) is 5.91 Å². The minimum atomic E-state index is -0.0256. The van der Waals surface area contributed by atoms with Crippen LogP contribution in [0.1, 0.15) is 21.9 Å². The Morgan fingerprint density at radius 3 is 2.96 bits per heavy atom. The van der Waals surface area contributed by atoms with Crippen LogP contribution in [-0.2, 0) is 0 Å². The number of thiazole rings is 1. The van der Waals surface area contributed by atoms with Crippen LogP contribution in [-0.4, -0.2) is 40.0 Å². The lowest BCUT2D eigenvalue weighted by molar-refractivity contribution is 0.0766. The Morgan fingerprint density at radius 1 is 1.25 bits per heavy atom. The molecule has 4 rings (SSSR count). The molecule has 0 N–H and O–H groups in total. The molecule has 24 heavy (non-hydrogen) atoms. The molecule has 3 heterocycles. The van der Waals surface area contributed by atoms with Gasteiger partial charge >= 0.3 is 0 Å². The average molecular weight is 339 g/mol. The van der Waals surface area contributed by atoms with Crippen molar-refractivity contribution in [3.8, 4) is 5.88 Å². The van der Waals surface area contributed by atoms with E-state index in [0.717, 1.165) is 22.3 Å². The Morgan fingerprint density at radius 2 is 2.12 bits per heavy atom. The molecule has 1 atom stereocenters. The molecule has 6 heteroatoms. The number of carbonyl (C=O) groups is 1. The van der Waals surface area contributed by atoms with Gasteiger partial charge in [-0.3, -0.25) is 4.79 Å². The summed E-state index contributed by atoms with van der Waals surface area (Å²) in [5.41, 5.74) is 1.45. The van der Waals surface area contributed by atoms with E-state index in [-0.39, 0.29) is 12.0 Å². The van der Waals surface area contributed by atoms with Crippen LogP contribution in [0.5, 0.6) is 5.88 Å². The topological polar surface area (TPSA) is 55.3 Å². The summed E-state index contributed by atoms with van der Waals surface area (Å²) >= 11 is 1.50. The first-order valence-corrected chi connectivity index (χ1v) is 8.81. The van der Waals surface area contributed by atoms with E-state index in [2.05, 4.69) is 9.97 Å². The van der Waals surface area contributed by atoms with Crippen LogP contribution in [0, 0.1) is 6.92 Å². The summed E-state index contributed by atoms with van der Waals surface area (Å²) < 4.78 is 5.98. The number of hydrogen-bond acceptors (Lipinski definition) is 5. The maximum atomic E-state index is 12.4. The number of aromatic nitrogens is 2. The van der Waals surface area contributed by atoms with Crippen LogP contribution in [0.15, 0.2) is 41.8 Å². The van der Waals surface area contributed by atoms with Crippen LogP contribution in [0.25, 0.3) is 10.9 Å². The fraction of sp³-hybridized carbons (Fsp3) is 0.278. The smallest absolute Gasteiger partial charge is 0.273 e. The van der Waals surface area contributed by atoms with E-state index in [1.54, 1.807) is 4.90 Å². The molecular formula is C18H17N3O2S. The molecule has 3 aromatic rings. The van der Waals surface area contributed by atoms with Gasteiger partial charge in [-0.05, 0) is 19.1 Å². The second-order valence-corrected chi connectivity index (χ2v) is 6.94. The number of aryl methyl sites for hydroxylation is 1. The highest BCUT2D eigenvalue weighted by Crippen LogP contribution is 2.21. The predicted molar refractivity (Wildman–Crippen MR) is 93.5 cm³/mol. The summed E-state index contributed by atoms with van der Waals surface area (Å²) in [6, 6.07) is 11.8. The molecule has 0 aliphatic carbocycles. The van der Waals surface area contributed by atoms with Crippen molar-refractivity contribution in [2.24, 2.45) is 0 Å². The first kappa shape index (κ1) is 15.1. The first-order valence-electron chi connectivity index (χ1n) is 7.93. The lowest BCUT2D eigenvalue weighted by atomic mass is 10.2. The monoisotopic (exact) mass is 339 g/mol. The van der Waals surface area contributed by atoms with Crippen molar-refractivity contribution >= 4 is 28.1 Å². The van der Waals surface area contributed by atoms with Crippen LogP contribution in [0.4, 0.5) is 0 Å². The maximum absolute atomic E-state index is 12.4. The van der Waals surface area contributed by atoms with Gasteiger partial charge in [-0.2, -0.15) is 0 Å². The molecule has 1 amide bonds.